The zero-order valence-electron chi connectivity index (χ0n) is 24.0. The van der Waals surface area contributed by atoms with E-state index in [-0.39, 0.29) is 13.2 Å². The first-order valence-electron chi connectivity index (χ1n) is 15.1. The van der Waals surface area contributed by atoms with Crippen molar-refractivity contribution in [1.29, 1.82) is 0 Å². The molecule has 0 bridgehead atoms. The lowest BCUT2D eigenvalue weighted by atomic mass is 9.97. The molecular formula is C28H54O12. The maximum absolute atomic E-state index is 10.6. The van der Waals surface area contributed by atoms with Crippen LogP contribution in [0, 0.1) is 0 Å². The fourth-order valence-corrected chi connectivity index (χ4v) is 5.06. The second kappa shape index (κ2) is 20.4. The predicted molar refractivity (Wildman–Crippen MR) is 144 cm³/mol. The molecule has 0 unspecified atom stereocenters. The number of aliphatic hydroxyl groups excluding tert-OH is 7. The highest BCUT2D eigenvalue weighted by atomic mass is 16.7. The van der Waals surface area contributed by atoms with Crippen LogP contribution >= 0.6 is 0 Å². The minimum Gasteiger partial charge on any atom is -0.394 e. The van der Waals surface area contributed by atoms with Gasteiger partial charge in [0, 0.05) is 6.61 Å². The van der Waals surface area contributed by atoms with Gasteiger partial charge in [0.15, 0.2) is 12.6 Å². The number of hydrogen-bond donors (Lipinski definition) is 7. The van der Waals surface area contributed by atoms with Crippen LogP contribution in [0.25, 0.3) is 0 Å². The molecule has 2 saturated heterocycles. The van der Waals surface area contributed by atoms with Crippen LogP contribution in [0.2, 0.25) is 0 Å². The number of aliphatic hydroxyl groups is 7. The standard InChI is InChI=1S/C28H54O12/c1-2-3-4-5-6-7-8-9-10-11-12-13-14-36-15-16-37-27-25(35)23(33)26(20(18-30)39-27)40-28-24(34)22(32)21(31)19(17-29)38-28/h19-35H,2-18H2,1H3/t19-,20-,21-,22+,23-,24-,25-,26-,27-,28+/m1/s1. The Morgan fingerprint density at radius 2 is 1.05 bits per heavy atom. The summed E-state index contributed by atoms with van der Waals surface area (Å²) in [6.45, 7) is 1.95. The van der Waals surface area contributed by atoms with E-state index >= 15 is 0 Å². The summed E-state index contributed by atoms with van der Waals surface area (Å²) in [6, 6.07) is 0. The van der Waals surface area contributed by atoms with E-state index in [1.54, 1.807) is 0 Å². The summed E-state index contributed by atoms with van der Waals surface area (Å²) in [6.07, 6.45) is 0.562. The van der Waals surface area contributed by atoms with Gasteiger partial charge in [0.05, 0.1) is 26.4 Å². The van der Waals surface area contributed by atoms with Crippen molar-refractivity contribution in [2.24, 2.45) is 0 Å². The van der Waals surface area contributed by atoms with Gasteiger partial charge in [0.1, 0.15) is 48.8 Å². The van der Waals surface area contributed by atoms with Crippen molar-refractivity contribution in [3.8, 4) is 0 Å². The normalized spacial score (nSPS) is 34.8. The lowest BCUT2D eigenvalue weighted by Crippen LogP contribution is -2.64. The maximum atomic E-state index is 10.6. The second-order valence-electron chi connectivity index (χ2n) is 10.9. The molecule has 0 amide bonds. The van der Waals surface area contributed by atoms with Crippen LogP contribution in [0.1, 0.15) is 84.0 Å². The average Bonchev–Trinajstić information content (AvgIpc) is 2.96. The summed E-state index contributed by atoms with van der Waals surface area (Å²) >= 11 is 0. The SMILES string of the molecule is CCCCCCCCCCCCCCOCCO[C@@H]1O[C@H](CO)[C@@H](O[C@@H]2O[C@H](CO)[C@@H](O)[C@H](O)[C@H]2O)[C@H](O)[C@H]1O. The van der Waals surface area contributed by atoms with E-state index in [2.05, 4.69) is 6.92 Å². The van der Waals surface area contributed by atoms with E-state index in [9.17, 15) is 35.7 Å². The summed E-state index contributed by atoms with van der Waals surface area (Å²) < 4.78 is 27.5. The summed E-state index contributed by atoms with van der Waals surface area (Å²) in [7, 11) is 0. The van der Waals surface area contributed by atoms with Crippen molar-refractivity contribution < 1.29 is 59.4 Å². The molecule has 2 aliphatic heterocycles. The van der Waals surface area contributed by atoms with Gasteiger partial charge in [-0.05, 0) is 6.42 Å². The third kappa shape index (κ3) is 11.7. The van der Waals surface area contributed by atoms with Gasteiger partial charge in [-0.15, -0.1) is 0 Å². The van der Waals surface area contributed by atoms with Crippen molar-refractivity contribution in [3.05, 3.63) is 0 Å². The van der Waals surface area contributed by atoms with Gasteiger partial charge in [-0.1, -0.05) is 77.6 Å². The number of unbranched alkanes of at least 4 members (excludes halogenated alkanes) is 11. The lowest BCUT2D eigenvalue weighted by Gasteiger charge is -2.45. The molecule has 40 heavy (non-hydrogen) atoms. The van der Waals surface area contributed by atoms with Crippen LogP contribution in [-0.4, -0.2) is 130 Å². The van der Waals surface area contributed by atoms with Crippen LogP contribution in [0.3, 0.4) is 0 Å². The molecule has 2 fully saturated rings. The van der Waals surface area contributed by atoms with Crippen molar-refractivity contribution in [2.45, 2.75) is 145 Å². The fourth-order valence-electron chi connectivity index (χ4n) is 5.06. The molecule has 2 heterocycles. The zero-order chi connectivity index (χ0) is 29.3. The first-order valence-corrected chi connectivity index (χ1v) is 15.1. The molecule has 0 aliphatic carbocycles. The third-order valence-corrected chi connectivity index (χ3v) is 7.61. The maximum Gasteiger partial charge on any atom is 0.187 e. The minimum atomic E-state index is -1.71. The topological polar surface area (TPSA) is 188 Å². The van der Waals surface area contributed by atoms with Crippen LogP contribution in [0.15, 0.2) is 0 Å². The monoisotopic (exact) mass is 582 g/mol. The Labute approximate surface area is 238 Å². The van der Waals surface area contributed by atoms with Gasteiger partial charge in [-0.25, -0.2) is 0 Å². The van der Waals surface area contributed by atoms with Gasteiger partial charge < -0.3 is 59.4 Å². The molecule has 0 spiro atoms. The number of ether oxygens (including phenoxy) is 5. The van der Waals surface area contributed by atoms with Gasteiger partial charge in [0.25, 0.3) is 0 Å². The Morgan fingerprint density at radius 3 is 1.62 bits per heavy atom. The van der Waals surface area contributed by atoms with E-state index in [0.717, 1.165) is 12.8 Å². The Hall–Kier alpha value is -0.480. The summed E-state index contributed by atoms with van der Waals surface area (Å²) in [5, 5.41) is 70.3. The second-order valence-corrected chi connectivity index (χ2v) is 10.9. The quantitative estimate of drug-likeness (QED) is 0.0922. The summed E-state index contributed by atoms with van der Waals surface area (Å²) in [5.74, 6) is 0. The Morgan fingerprint density at radius 1 is 0.525 bits per heavy atom. The summed E-state index contributed by atoms with van der Waals surface area (Å²) in [5.41, 5.74) is 0. The third-order valence-electron chi connectivity index (χ3n) is 7.61. The van der Waals surface area contributed by atoms with Crippen molar-refractivity contribution >= 4 is 0 Å². The van der Waals surface area contributed by atoms with E-state index < -0.39 is 74.6 Å². The van der Waals surface area contributed by atoms with E-state index in [0.29, 0.717) is 6.61 Å². The van der Waals surface area contributed by atoms with Crippen LogP contribution in [0.5, 0.6) is 0 Å². The van der Waals surface area contributed by atoms with E-state index in [1.807, 2.05) is 0 Å². The Kier molecular flexibility index (Phi) is 18.2. The lowest BCUT2D eigenvalue weighted by molar-refractivity contribution is -0.359. The average molecular weight is 583 g/mol. The minimum absolute atomic E-state index is 0.100. The van der Waals surface area contributed by atoms with Gasteiger partial charge >= 0.3 is 0 Å². The molecule has 12 nitrogen and oxygen atoms in total. The molecule has 238 valence electrons. The molecular weight excluding hydrogens is 528 g/mol. The molecule has 7 N–H and O–H groups in total. The Balaban J connectivity index is 1.59. The zero-order valence-corrected chi connectivity index (χ0v) is 24.0. The molecule has 2 aliphatic rings. The highest BCUT2D eigenvalue weighted by Gasteiger charge is 2.50. The fraction of sp³-hybridized carbons (Fsp3) is 1.00. The number of hydrogen-bond acceptors (Lipinski definition) is 12. The van der Waals surface area contributed by atoms with E-state index in [4.69, 9.17) is 23.7 Å². The van der Waals surface area contributed by atoms with Gasteiger partial charge in [0.2, 0.25) is 0 Å². The molecule has 12 heteroatoms. The van der Waals surface area contributed by atoms with Crippen molar-refractivity contribution in [3.63, 3.8) is 0 Å². The van der Waals surface area contributed by atoms with Crippen molar-refractivity contribution in [2.75, 3.05) is 33.0 Å². The van der Waals surface area contributed by atoms with Gasteiger partial charge in [-0.2, -0.15) is 0 Å². The smallest absolute Gasteiger partial charge is 0.187 e. The van der Waals surface area contributed by atoms with Crippen LogP contribution in [-0.2, 0) is 23.7 Å². The highest BCUT2D eigenvalue weighted by molar-refractivity contribution is 4.94. The summed E-state index contributed by atoms with van der Waals surface area (Å²) in [4.78, 5) is 0. The Bertz CT molecular complexity index is 624. The molecule has 0 aromatic rings. The molecule has 0 aromatic heterocycles. The van der Waals surface area contributed by atoms with Crippen molar-refractivity contribution in [1.82, 2.24) is 0 Å². The largest absolute Gasteiger partial charge is 0.394 e. The first-order chi connectivity index (χ1) is 19.3. The molecule has 0 radical (unpaired) electrons. The van der Waals surface area contributed by atoms with Gasteiger partial charge in [-0.3, -0.25) is 0 Å². The predicted octanol–water partition coefficient (Wildman–Crippen LogP) is 0.345. The molecule has 0 aromatic carbocycles. The first kappa shape index (κ1) is 35.7. The van der Waals surface area contributed by atoms with Crippen LogP contribution in [0.4, 0.5) is 0 Å². The molecule has 10 atom stereocenters. The van der Waals surface area contributed by atoms with E-state index in [1.165, 1.54) is 64.2 Å². The number of rotatable bonds is 21. The molecule has 0 saturated carbocycles. The highest BCUT2D eigenvalue weighted by Crippen LogP contribution is 2.29. The molecule has 2 rings (SSSR count). The van der Waals surface area contributed by atoms with Crippen LogP contribution < -0.4 is 0 Å².